The summed E-state index contributed by atoms with van der Waals surface area (Å²) in [6, 6.07) is 0. The molecule has 0 amide bonds. The second-order valence-corrected chi connectivity index (χ2v) is 7.58. The Balaban J connectivity index is 3.84. The lowest BCUT2D eigenvalue weighted by atomic mass is 9.94. The topological polar surface area (TPSA) is 87.0 Å². The van der Waals surface area contributed by atoms with Gasteiger partial charge in [0.15, 0.2) is 0 Å². The predicted octanol–water partition coefficient (Wildman–Crippen LogP) is 3.21. The molecule has 0 saturated carbocycles. The van der Waals surface area contributed by atoms with Crippen molar-refractivity contribution in [2.45, 2.75) is 84.8 Å². The monoisotopic (exact) mass is 358 g/mol. The average molecular weight is 359 g/mol. The summed E-state index contributed by atoms with van der Waals surface area (Å²) < 4.78 is 4.88. The Morgan fingerprint density at radius 1 is 1.04 bits per heavy atom. The summed E-state index contributed by atoms with van der Waals surface area (Å²) in [4.78, 5) is 11.6. The molecule has 0 bridgehead atoms. The van der Waals surface area contributed by atoms with Crippen molar-refractivity contribution in [2.75, 3.05) is 13.2 Å². The van der Waals surface area contributed by atoms with E-state index in [-0.39, 0.29) is 13.0 Å². The number of rotatable bonds is 14. The van der Waals surface area contributed by atoms with Crippen molar-refractivity contribution >= 4 is 5.97 Å². The minimum Gasteiger partial charge on any atom is -0.463 e. The SMILES string of the molecule is CC(=CCC(=O)OCC(O)C(O)CO)CCCC(C)CCCC(C)C. The maximum atomic E-state index is 11.6. The van der Waals surface area contributed by atoms with E-state index in [1.807, 2.05) is 13.0 Å². The molecule has 0 aliphatic heterocycles. The fourth-order valence-corrected chi connectivity index (χ4v) is 2.58. The van der Waals surface area contributed by atoms with Crippen molar-refractivity contribution in [1.82, 2.24) is 0 Å². The lowest BCUT2D eigenvalue weighted by molar-refractivity contribution is -0.148. The van der Waals surface area contributed by atoms with Crippen molar-refractivity contribution in [2.24, 2.45) is 11.8 Å². The molecule has 3 atom stereocenters. The molecule has 0 rings (SSSR count). The van der Waals surface area contributed by atoms with E-state index in [9.17, 15) is 15.0 Å². The van der Waals surface area contributed by atoms with Gasteiger partial charge >= 0.3 is 5.97 Å². The Bertz CT molecular complexity index is 378. The van der Waals surface area contributed by atoms with Gasteiger partial charge in [-0.1, -0.05) is 58.1 Å². The molecule has 0 aliphatic rings. The number of hydrogen-bond donors (Lipinski definition) is 3. The first kappa shape index (κ1) is 24.1. The highest BCUT2D eigenvalue weighted by molar-refractivity contribution is 5.71. The summed E-state index contributed by atoms with van der Waals surface area (Å²) in [7, 11) is 0. The van der Waals surface area contributed by atoms with Crippen LogP contribution in [0.4, 0.5) is 0 Å². The molecule has 5 nitrogen and oxygen atoms in total. The Labute approximate surface area is 153 Å². The lowest BCUT2D eigenvalue weighted by Gasteiger charge is -2.15. The van der Waals surface area contributed by atoms with E-state index in [1.165, 1.54) is 31.3 Å². The highest BCUT2D eigenvalue weighted by Gasteiger charge is 2.16. The third-order valence-electron chi connectivity index (χ3n) is 4.41. The van der Waals surface area contributed by atoms with Crippen molar-refractivity contribution in [3.05, 3.63) is 11.6 Å². The van der Waals surface area contributed by atoms with Crippen LogP contribution in [0.25, 0.3) is 0 Å². The van der Waals surface area contributed by atoms with Gasteiger partial charge in [0.1, 0.15) is 18.8 Å². The molecule has 148 valence electrons. The summed E-state index contributed by atoms with van der Waals surface area (Å²) in [5.74, 6) is 1.09. The summed E-state index contributed by atoms with van der Waals surface area (Å²) in [5.41, 5.74) is 1.17. The van der Waals surface area contributed by atoms with E-state index >= 15 is 0 Å². The molecule has 5 heteroatoms. The van der Waals surface area contributed by atoms with Crippen LogP contribution in [0.3, 0.4) is 0 Å². The summed E-state index contributed by atoms with van der Waals surface area (Å²) in [6.07, 6.45) is 6.69. The lowest BCUT2D eigenvalue weighted by Crippen LogP contribution is -2.34. The van der Waals surface area contributed by atoms with Crippen molar-refractivity contribution < 1.29 is 24.9 Å². The highest BCUT2D eigenvalue weighted by Crippen LogP contribution is 2.19. The van der Waals surface area contributed by atoms with Gasteiger partial charge in [-0.15, -0.1) is 0 Å². The molecule has 0 fully saturated rings. The molecule has 0 spiro atoms. The first-order chi connectivity index (χ1) is 11.8. The standard InChI is InChI=1S/C20H38O5/c1-15(2)7-5-8-16(3)9-6-10-17(4)11-12-20(24)25-14-19(23)18(22)13-21/h11,15-16,18-19,21-23H,5-10,12-14H2,1-4H3. The molecule has 0 radical (unpaired) electrons. The molecule has 0 aromatic rings. The Hall–Kier alpha value is -0.910. The molecule has 0 aromatic carbocycles. The van der Waals surface area contributed by atoms with Crippen LogP contribution in [0.15, 0.2) is 11.6 Å². The van der Waals surface area contributed by atoms with Gasteiger partial charge in [0.05, 0.1) is 13.0 Å². The van der Waals surface area contributed by atoms with Crippen LogP contribution in [-0.4, -0.2) is 46.7 Å². The van der Waals surface area contributed by atoms with E-state index < -0.39 is 24.8 Å². The van der Waals surface area contributed by atoms with Gasteiger partial charge in [-0.25, -0.2) is 0 Å². The summed E-state index contributed by atoms with van der Waals surface area (Å²) in [6.45, 7) is 7.98. The van der Waals surface area contributed by atoms with Gasteiger partial charge in [-0.2, -0.15) is 0 Å². The van der Waals surface area contributed by atoms with E-state index in [2.05, 4.69) is 20.8 Å². The van der Waals surface area contributed by atoms with Crippen molar-refractivity contribution in [3.63, 3.8) is 0 Å². The fourth-order valence-electron chi connectivity index (χ4n) is 2.58. The van der Waals surface area contributed by atoms with Crippen LogP contribution >= 0.6 is 0 Å². The van der Waals surface area contributed by atoms with E-state index in [4.69, 9.17) is 9.84 Å². The van der Waals surface area contributed by atoms with Gasteiger partial charge in [-0.05, 0) is 31.6 Å². The Morgan fingerprint density at radius 2 is 1.68 bits per heavy atom. The molecule has 3 N–H and O–H groups in total. The van der Waals surface area contributed by atoms with E-state index in [0.717, 1.165) is 24.7 Å². The van der Waals surface area contributed by atoms with Crippen LogP contribution in [0.2, 0.25) is 0 Å². The van der Waals surface area contributed by atoms with Crippen LogP contribution in [0, 0.1) is 11.8 Å². The quantitative estimate of drug-likeness (QED) is 0.328. The number of ether oxygens (including phenoxy) is 1. The van der Waals surface area contributed by atoms with Crippen LogP contribution in [0.1, 0.15) is 72.6 Å². The normalized spacial score (nSPS) is 15.9. The molecule has 3 unspecified atom stereocenters. The van der Waals surface area contributed by atoms with Crippen molar-refractivity contribution in [1.29, 1.82) is 0 Å². The number of allylic oxidation sites excluding steroid dienone is 1. The minimum atomic E-state index is -1.28. The maximum absolute atomic E-state index is 11.6. The molecule has 0 aromatic heterocycles. The number of aliphatic hydroxyl groups is 3. The van der Waals surface area contributed by atoms with E-state index in [0.29, 0.717) is 0 Å². The van der Waals surface area contributed by atoms with Gasteiger partial charge in [-0.3, -0.25) is 4.79 Å². The smallest absolute Gasteiger partial charge is 0.309 e. The molecule has 0 aliphatic carbocycles. The molecular formula is C20H38O5. The number of hydrogen-bond acceptors (Lipinski definition) is 5. The second-order valence-electron chi connectivity index (χ2n) is 7.58. The highest BCUT2D eigenvalue weighted by atomic mass is 16.5. The van der Waals surface area contributed by atoms with Gasteiger partial charge in [0.25, 0.3) is 0 Å². The van der Waals surface area contributed by atoms with Gasteiger partial charge in [0.2, 0.25) is 0 Å². The molecule has 25 heavy (non-hydrogen) atoms. The van der Waals surface area contributed by atoms with Crippen LogP contribution in [0.5, 0.6) is 0 Å². The predicted molar refractivity (Wildman–Crippen MR) is 100 cm³/mol. The van der Waals surface area contributed by atoms with Gasteiger partial charge < -0.3 is 20.1 Å². The second kappa shape index (κ2) is 14.3. The number of aliphatic hydroxyl groups excluding tert-OH is 3. The zero-order chi connectivity index (χ0) is 19.2. The number of carbonyl (C=O) groups is 1. The molecule has 0 saturated heterocycles. The van der Waals surface area contributed by atoms with E-state index in [1.54, 1.807) is 0 Å². The molecular weight excluding hydrogens is 320 g/mol. The van der Waals surface area contributed by atoms with Crippen LogP contribution < -0.4 is 0 Å². The minimum absolute atomic E-state index is 0.164. The Morgan fingerprint density at radius 3 is 2.28 bits per heavy atom. The zero-order valence-corrected chi connectivity index (χ0v) is 16.4. The fraction of sp³-hybridized carbons (Fsp3) is 0.850. The molecule has 0 heterocycles. The first-order valence-corrected chi connectivity index (χ1v) is 9.54. The largest absolute Gasteiger partial charge is 0.463 e. The van der Waals surface area contributed by atoms with Gasteiger partial charge in [0, 0.05) is 0 Å². The summed E-state index contributed by atoms with van der Waals surface area (Å²) in [5, 5.41) is 27.3. The Kier molecular flexibility index (Phi) is 13.8. The zero-order valence-electron chi connectivity index (χ0n) is 16.4. The maximum Gasteiger partial charge on any atom is 0.309 e. The number of carbonyl (C=O) groups excluding carboxylic acids is 1. The summed E-state index contributed by atoms with van der Waals surface area (Å²) >= 11 is 0. The van der Waals surface area contributed by atoms with Crippen LogP contribution in [-0.2, 0) is 9.53 Å². The van der Waals surface area contributed by atoms with Crippen molar-refractivity contribution in [3.8, 4) is 0 Å². The third-order valence-corrected chi connectivity index (χ3v) is 4.41. The number of esters is 1. The average Bonchev–Trinajstić information content (AvgIpc) is 2.56. The third kappa shape index (κ3) is 14.0. The first-order valence-electron chi connectivity index (χ1n) is 9.54.